The van der Waals surface area contributed by atoms with Crippen LogP contribution in [-0.4, -0.2) is 33.7 Å². The van der Waals surface area contributed by atoms with Gasteiger partial charge in [-0.1, -0.05) is 19.3 Å². The number of amides is 1. The van der Waals surface area contributed by atoms with Crippen LogP contribution in [0.4, 0.5) is 0 Å². The number of carbonyl (C=O) groups is 1. The number of hydrogen-bond acceptors (Lipinski definition) is 5. The number of carbonyl (C=O) groups excluding carboxylic acids is 1. The van der Waals surface area contributed by atoms with Crippen molar-refractivity contribution in [3.63, 3.8) is 0 Å². The minimum atomic E-state index is -0.646. The van der Waals surface area contributed by atoms with Gasteiger partial charge in [-0.2, -0.15) is 4.68 Å². The molecule has 7 heteroatoms. The third-order valence-electron chi connectivity index (χ3n) is 3.83. The molecule has 0 N–H and O–H groups in total. The molecule has 2 aromatic rings. The Morgan fingerprint density at radius 2 is 1.91 bits per heavy atom. The van der Waals surface area contributed by atoms with Gasteiger partial charge in [0.25, 0.3) is 5.89 Å². The van der Waals surface area contributed by atoms with E-state index < -0.39 is 5.76 Å². The summed E-state index contributed by atoms with van der Waals surface area (Å²) in [4.78, 5) is 26.0. The molecule has 118 valence electrons. The Kier molecular flexibility index (Phi) is 4.41. The Hall–Kier alpha value is -2.31. The van der Waals surface area contributed by atoms with Crippen molar-refractivity contribution < 1.29 is 13.6 Å². The maximum atomic E-state index is 12.3. The molecule has 1 aliphatic heterocycles. The zero-order valence-electron chi connectivity index (χ0n) is 12.4. The fourth-order valence-corrected chi connectivity index (χ4v) is 2.63. The van der Waals surface area contributed by atoms with Crippen molar-refractivity contribution in [2.45, 2.75) is 38.6 Å². The zero-order valence-corrected chi connectivity index (χ0v) is 12.4. The largest absolute Gasteiger partial charge is 0.459 e. The molecule has 0 spiro atoms. The lowest BCUT2D eigenvalue weighted by Gasteiger charge is -2.24. The van der Waals surface area contributed by atoms with Crippen LogP contribution in [0.25, 0.3) is 11.7 Å². The Morgan fingerprint density at radius 1 is 1.18 bits per heavy atom. The summed E-state index contributed by atoms with van der Waals surface area (Å²) in [5.41, 5.74) is 0. The number of hydrogen-bond donors (Lipinski definition) is 0. The second kappa shape index (κ2) is 6.64. The van der Waals surface area contributed by atoms with Crippen molar-refractivity contribution in [2.24, 2.45) is 0 Å². The van der Waals surface area contributed by atoms with Gasteiger partial charge in [-0.25, -0.2) is 4.79 Å². The van der Waals surface area contributed by atoms with Gasteiger partial charge in [0, 0.05) is 13.1 Å². The molecule has 1 saturated heterocycles. The second-order valence-corrected chi connectivity index (χ2v) is 5.46. The quantitative estimate of drug-likeness (QED) is 0.865. The summed E-state index contributed by atoms with van der Waals surface area (Å²) in [6.07, 6.45) is 7.03. The van der Waals surface area contributed by atoms with E-state index in [2.05, 4.69) is 5.10 Å². The molecule has 1 aliphatic rings. The summed E-state index contributed by atoms with van der Waals surface area (Å²) in [5, 5.41) is 4.03. The molecule has 1 amide bonds. The molecule has 0 radical (unpaired) electrons. The Morgan fingerprint density at radius 3 is 2.59 bits per heavy atom. The second-order valence-electron chi connectivity index (χ2n) is 5.46. The first-order chi connectivity index (χ1) is 10.7. The van der Waals surface area contributed by atoms with Crippen LogP contribution in [0.15, 0.2) is 32.0 Å². The molecule has 7 nitrogen and oxygen atoms in total. The minimum absolute atomic E-state index is 0.0930. The molecule has 0 unspecified atom stereocenters. The zero-order chi connectivity index (χ0) is 15.4. The van der Waals surface area contributed by atoms with Gasteiger partial charge in [0.1, 0.15) is 6.54 Å². The molecule has 3 heterocycles. The summed E-state index contributed by atoms with van der Waals surface area (Å²) in [6.45, 7) is 1.40. The molecular formula is C15H19N3O4. The molecule has 0 atom stereocenters. The van der Waals surface area contributed by atoms with Crippen LogP contribution in [0.1, 0.15) is 32.1 Å². The highest BCUT2D eigenvalue weighted by Gasteiger charge is 2.19. The van der Waals surface area contributed by atoms with Crippen LogP contribution in [-0.2, 0) is 11.3 Å². The van der Waals surface area contributed by atoms with Crippen molar-refractivity contribution >= 4 is 5.91 Å². The number of likely N-dealkylation sites (tertiary alicyclic amines) is 1. The molecule has 0 saturated carbocycles. The van der Waals surface area contributed by atoms with Gasteiger partial charge in [0.15, 0.2) is 5.76 Å². The van der Waals surface area contributed by atoms with E-state index in [1.165, 1.54) is 12.7 Å². The van der Waals surface area contributed by atoms with E-state index in [0.717, 1.165) is 43.5 Å². The molecule has 1 fully saturated rings. The number of aromatic nitrogens is 2. The van der Waals surface area contributed by atoms with Gasteiger partial charge in [-0.05, 0) is 25.0 Å². The van der Waals surface area contributed by atoms with Gasteiger partial charge in [0.05, 0.1) is 6.26 Å². The summed E-state index contributed by atoms with van der Waals surface area (Å²) in [5.74, 6) is -0.278. The van der Waals surface area contributed by atoms with Crippen LogP contribution in [0, 0.1) is 0 Å². The molecular weight excluding hydrogens is 286 g/mol. The maximum absolute atomic E-state index is 12.3. The predicted molar refractivity (Wildman–Crippen MR) is 78.1 cm³/mol. The third-order valence-corrected chi connectivity index (χ3v) is 3.83. The minimum Gasteiger partial charge on any atom is -0.459 e. The lowest BCUT2D eigenvalue weighted by Crippen LogP contribution is -2.38. The molecule has 0 aliphatic carbocycles. The maximum Gasteiger partial charge on any atom is 0.437 e. The average molecular weight is 305 g/mol. The first kappa shape index (κ1) is 14.6. The first-order valence-corrected chi connectivity index (χ1v) is 7.63. The average Bonchev–Trinajstić information content (AvgIpc) is 3.09. The van der Waals surface area contributed by atoms with Gasteiger partial charge in [-0.3, -0.25) is 4.79 Å². The molecule has 22 heavy (non-hydrogen) atoms. The van der Waals surface area contributed by atoms with Crippen molar-refractivity contribution in [2.75, 3.05) is 13.1 Å². The highest BCUT2D eigenvalue weighted by Crippen LogP contribution is 2.15. The normalized spacial score (nSPS) is 16.3. The van der Waals surface area contributed by atoms with Crippen LogP contribution < -0.4 is 5.76 Å². The summed E-state index contributed by atoms with van der Waals surface area (Å²) in [6, 6.07) is 3.33. The van der Waals surface area contributed by atoms with E-state index in [4.69, 9.17) is 8.83 Å². The summed E-state index contributed by atoms with van der Waals surface area (Å²) >= 11 is 0. The smallest absolute Gasteiger partial charge is 0.437 e. The fraction of sp³-hybridized carbons (Fsp3) is 0.533. The Balaban J connectivity index is 1.69. The van der Waals surface area contributed by atoms with Crippen LogP contribution in [0.5, 0.6) is 0 Å². The van der Waals surface area contributed by atoms with Gasteiger partial charge in [-0.15, -0.1) is 5.10 Å². The number of rotatable bonds is 3. The number of furan rings is 1. The summed E-state index contributed by atoms with van der Waals surface area (Å²) < 4.78 is 11.2. The standard InChI is InChI=1S/C15H19N3O4/c19-13(17-8-4-2-1-3-5-9-17)11-18-15(20)22-14(16-18)12-7-6-10-21-12/h6-7,10H,1-5,8-9,11H2. The van der Waals surface area contributed by atoms with Crippen molar-refractivity contribution in [1.29, 1.82) is 0 Å². The van der Waals surface area contributed by atoms with Gasteiger partial charge < -0.3 is 13.7 Å². The van der Waals surface area contributed by atoms with Gasteiger partial charge >= 0.3 is 5.76 Å². The van der Waals surface area contributed by atoms with Crippen LogP contribution in [0.3, 0.4) is 0 Å². The van der Waals surface area contributed by atoms with E-state index in [-0.39, 0.29) is 18.3 Å². The van der Waals surface area contributed by atoms with E-state index >= 15 is 0 Å². The van der Waals surface area contributed by atoms with E-state index in [1.54, 1.807) is 12.1 Å². The lowest BCUT2D eigenvalue weighted by atomic mass is 10.1. The van der Waals surface area contributed by atoms with Crippen molar-refractivity contribution in [3.8, 4) is 11.7 Å². The fourth-order valence-electron chi connectivity index (χ4n) is 2.63. The highest BCUT2D eigenvalue weighted by molar-refractivity contribution is 5.75. The highest BCUT2D eigenvalue weighted by atomic mass is 16.4. The van der Waals surface area contributed by atoms with Crippen molar-refractivity contribution in [3.05, 3.63) is 28.9 Å². The topological polar surface area (TPSA) is 81.5 Å². The molecule has 2 aromatic heterocycles. The Labute approximate surface area is 127 Å². The molecule has 0 bridgehead atoms. The number of nitrogens with zero attached hydrogens (tertiary/aromatic N) is 3. The molecule has 3 rings (SSSR count). The van der Waals surface area contributed by atoms with Crippen LogP contribution >= 0.6 is 0 Å². The first-order valence-electron chi connectivity index (χ1n) is 7.63. The molecule has 0 aromatic carbocycles. The summed E-state index contributed by atoms with van der Waals surface area (Å²) in [7, 11) is 0. The van der Waals surface area contributed by atoms with Gasteiger partial charge in [0.2, 0.25) is 5.91 Å². The third kappa shape index (κ3) is 3.29. The van der Waals surface area contributed by atoms with Crippen LogP contribution in [0.2, 0.25) is 0 Å². The lowest BCUT2D eigenvalue weighted by molar-refractivity contribution is -0.132. The predicted octanol–water partition coefficient (Wildman–Crippen LogP) is 1.89. The Bertz CT molecular complexity index is 663. The van der Waals surface area contributed by atoms with E-state index in [0.29, 0.717) is 5.76 Å². The monoisotopic (exact) mass is 305 g/mol. The SMILES string of the molecule is O=C(Cn1nc(-c2ccco2)oc1=O)N1CCCCCCC1. The van der Waals surface area contributed by atoms with E-state index in [9.17, 15) is 9.59 Å². The van der Waals surface area contributed by atoms with Crippen molar-refractivity contribution in [1.82, 2.24) is 14.7 Å². The van der Waals surface area contributed by atoms with E-state index in [1.807, 2.05) is 4.90 Å².